The molecule has 1 heterocycles. The van der Waals surface area contributed by atoms with Crippen LogP contribution in [-0.2, 0) is 24.1 Å². The van der Waals surface area contributed by atoms with Crippen LogP contribution in [0.3, 0.4) is 0 Å². The molecule has 0 amide bonds. The van der Waals surface area contributed by atoms with Crippen LogP contribution in [0.15, 0.2) is 52.2 Å². The molecule has 1 aromatic heterocycles. The van der Waals surface area contributed by atoms with Gasteiger partial charge in [-0.1, -0.05) is 11.6 Å². The Labute approximate surface area is 155 Å². The highest BCUT2D eigenvalue weighted by Crippen LogP contribution is 2.18. The second kappa shape index (κ2) is 7.14. The van der Waals surface area contributed by atoms with Gasteiger partial charge in [-0.25, -0.2) is 17.9 Å². The molecular formula is C17H18ClN3O4S. The number of sulfonamides is 1. The first kappa shape index (κ1) is 18.5. The normalized spacial score (nSPS) is 11.8. The van der Waals surface area contributed by atoms with Crippen LogP contribution in [0.4, 0.5) is 0 Å². The Balaban J connectivity index is 1.70. The summed E-state index contributed by atoms with van der Waals surface area (Å²) in [6, 6.07) is 11.4. The topological polar surface area (TPSA) is 82.3 Å². The molecule has 26 heavy (non-hydrogen) atoms. The number of aromatic nitrogens is 2. The van der Waals surface area contributed by atoms with E-state index in [4.69, 9.17) is 16.3 Å². The predicted octanol–water partition coefficient (Wildman–Crippen LogP) is 1.89. The first-order valence-electron chi connectivity index (χ1n) is 7.83. The zero-order chi connectivity index (χ0) is 18.9. The van der Waals surface area contributed by atoms with Crippen molar-refractivity contribution in [3.05, 3.63) is 58.0 Å². The zero-order valence-electron chi connectivity index (χ0n) is 14.3. The molecule has 0 aliphatic rings. The van der Waals surface area contributed by atoms with Crippen molar-refractivity contribution in [2.75, 3.05) is 13.2 Å². The van der Waals surface area contributed by atoms with Crippen LogP contribution in [0.25, 0.3) is 11.0 Å². The van der Waals surface area contributed by atoms with Crippen LogP contribution in [0.2, 0.25) is 5.02 Å². The van der Waals surface area contributed by atoms with Crippen molar-refractivity contribution in [3.8, 4) is 5.75 Å². The fourth-order valence-electron chi connectivity index (χ4n) is 2.61. The fourth-order valence-corrected chi connectivity index (χ4v) is 3.77. The predicted molar refractivity (Wildman–Crippen MR) is 100 cm³/mol. The minimum atomic E-state index is -3.71. The highest BCUT2D eigenvalue weighted by atomic mass is 35.5. The van der Waals surface area contributed by atoms with Gasteiger partial charge in [-0.2, -0.15) is 0 Å². The molecule has 0 saturated heterocycles. The van der Waals surface area contributed by atoms with Gasteiger partial charge in [0.15, 0.2) is 0 Å². The smallest absolute Gasteiger partial charge is 0.328 e. The summed E-state index contributed by atoms with van der Waals surface area (Å²) in [6.07, 6.45) is 0. The van der Waals surface area contributed by atoms with Crippen molar-refractivity contribution in [2.45, 2.75) is 4.90 Å². The molecule has 0 unspecified atom stereocenters. The van der Waals surface area contributed by atoms with Crippen molar-refractivity contribution in [3.63, 3.8) is 0 Å². The quantitative estimate of drug-likeness (QED) is 0.646. The van der Waals surface area contributed by atoms with E-state index in [1.165, 1.54) is 21.3 Å². The molecule has 9 heteroatoms. The average Bonchev–Trinajstić information content (AvgIpc) is 2.84. The van der Waals surface area contributed by atoms with Crippen LogP contribution in [0.1, 0.15) is 0 Å². The summed E-state index contributed by atoms with van der Waals surface area (Å²) in [4.78, 5) is 12.0. The molecule has 138 valence electrons. The number of imidazole rings is 1. The first-order valence-corrected chi connectivity index (χ1v) is 9.69. The number of ether oxygens (including phenoxy) is 1. The van der Waals surface area contributed by atoms with Gasteiger partial charge in [0.1, 0.15) is 12.4 Å². The first-order chi connectivity index (χ1) is 12.3. The van der Waals surface area contributed by atoms with Crippen LogP contribution in [-0.4, -0.2) is 30.7 Å². The van der Waals surface area contributed by atoms with E-state index in [1.54, 1.807) is 44.4 Å². The lowest BCUT2D eigenvalue weighted by Crippen LogP contribution is -2.28. The van der Waals surface area contributed by atoms with Gasteiger partial charge >= 0.3 is 5.69 Å². The lowest BCUT2D eigenvalue weighted by atomic mass is 10.3. The average molecular weight is 396 g/mol. The lowest BCUT2D eigenvalue weighted by Gasteiger charge is -2.09. The number of halogens is 1. The van der Waals surface area contributed by atoms with Crippen LogP contribution >= 0.6 is 11.6 Å². The number of aryl methyl sites for hydroxylation is 2. The highest BCUT2D eigenvalue weighted by molar-refractivity contribution is 7.89. The van der Waals surface area contributed by atoms with Crippen molar-refractivity contribution in [1.82, 2.24) is 13.9 Å². The number of benzene rings is 2. The molecule has 0 aliphatic carbocycles. The Kier molecular flexibility index (Phi) is 5.08. The number of hydrogen-bond acceptors (Lipinski definition) is 4. The van der Waals surface area contributed by atoms with Crippen LogP contribution in [0, 0.1) is 0 Å². The minimum Gasteiger partial charge on any atom is -0.492 e. The maximum Gasteiger partial charge on any atom is 0.328 e. The summed E-state index contributed by atoms with van der Waals surface area (Å²) in [6.45, 7) is 0.281. The van der Waals surface area contributed by atoms with E-state index in [0.29, 0.717) is 21.8 Å². The Morgan fingerprint density at radius 3 is 2.38 bits per heavy atom. The molecule has 2 aromatic carbocycles. The Morgan fingerprint density at radius 2 is 1.69 bits per heavy atom. The number of hydrogen-bond donors (Lipinski definition) is 1. The molecule has 0 bridgehead atoms. The van der Waals surface area contributed by atoms with Gasteiger partial charge in [0.05, 0.1) is 15.9 Å². The van der Waals surface area contributed by atoms with Crippen LogP contribution < -0.4 is 15.1 Å². The van der Waals surface area contributed by atoms with E-state index in [9.17, 15) is 13.2 Å². The SMILES string of the molecule is Cn1c(=O)n(C)c2cc(S(=O)(=O)NCCOc3ccc(Cl)cc3)ccc21. The molecule has 3 rings (SSSR count). The third-order valence-electron chi connectivity index (χ3n) is 4.03. The maximum absolute atomic E-state index is 12.5. The molecule has 0 fully saturated rings. The second-order valence-corrected chi connectivity index (χ2v) is 7.95. The Bertz CT molecular complexity index is 1100. The number of rotatable bonds is 6. The van der Waals surface area contributed by atoms with E-state index in [2.05, 4.69) is 4.72 Å². The molecule has 0 saturated carbocycles. The summed E-state index contributed by atoms with van der Waals surface area (Å²) in [5, 5.41) is 0.601. The monoisotopic (exact) mass is 395 g/mol. The number of nitrogens with zero attached hydrogens (tertiary/aromatic N) is 2. The summed E-state index contributed by atoms with van der Waals surface area (Å²) >= 11 is 5.79. The summed E-state index contributed by atoms with van der Waals surface area (Å²) in [5.74, 6) is 0.606. The largest absolute Gasteiger partial charge is 0.492 e. The number of nitrogens with one attached hydrogen (secondary N) is 1. The summed E-state index contributed by atoms with van der Waals surface area (Å²) < 4.78 is 35.8. The van der Waals surface area contributed by atoms with Gasteiger partial charge in [-0.3, -0.25) is 9.13 Å². The van der Waals surface area contributed by atoms with Crippen molar-refractivity contribution in [2.24, 2.45) is 14.1 Å². The van der Waals surface area contributed by atoms with E-state index >= 15 is 0 Å². The summed E-state index contributed by atoms with van der Waals surface area (Å²) in [7, 11) is -0.459. The van der Waals surface area contributed by atoms with Crippen molar-refractivity contribution >= 4 is 32.7 Å². The van der Waals surface area contributed by atoms with Crippen molar-refractivity contribution in [1.29, 1.82) is 0 Å². The second-order valence-electron chi connectivity index (χ2n) is 5.75. The van der Waals surface area contributed by atoms with Crippen LogP contribution in [0.5, 0.6) is 5.75 Å². The maximum atomic E-state index is 12.5. The molecule has 0 atom stereocenters. The standard InChI is InChI=1S/C17H18ClN3O4S/c1-20-15-8-7-14(11-16(15)21(2)17(20)22)26(23,24)19-9-10-25-13-5-3-12(18)4-6-13/h3-8,11,19H,9-10H2,1-2H3. The van der Waals surface area contributed by atoms with Gasteiger partial charge in [0.2, 0.25) is 10.0 Å². The van der Waals surface area contributed by atoms with Gasteiger partial charge in [0.25, 0.3) is 0 Å². The Morgan fingerprint density at radius 1 is 1.04 bits per heavy atom. The van der Waals surface area contributed by atoms with Gasteiger partial charge in [-0.05, 0) is 42.5 Å². The number of fused-ring (bicyclic) bond motifs is 1. The van der Waals surface area contributed by atoms with Gasteiger partial charge in [-0.15, -0.1) is 0 Å². The van der Waals surface area contributed by atoms with E-state index in [-0.39, 0.29) is 23.7 Å². The summed E-state index contributed by atoms with van der Waals surface area (Å²) in [5.41, 5.74) is 1.01. The van der Waals surface area contributed by atoms with Crippen molar-refractivity contribution < 1.29 is 13.2 Å². The highest BCUT2D eigenvalue weighted by Gasteiger charge is 2.16. The Hall–Kier alpha value is -2.29. The molecule has 7 nitrogen and oxygen atoms in total. The van der Waals surface area contributed by atoms with Gasteiger partial charge in [0, 0.05) is 25.7 Å². The third kappa shape index (κ3) is 3.62. The zero-order valence-corrected chi connectivity index (χ0v) is 15.8. The molecule has 3 aromatic rings. The van der Waals surface area contributed by atoms with Gasteiger partial charge < -0.3 is 4.74 Å². The molecule has 0 radical (unpaired) electrons. The molecular weight excluding hydrogens is 378 g/mol. The van der Waals surface area contributed by atoms with E-state index in [1.807, 2.05) is 0 Å². The molecule has 1 N–H and O–H groups in total. The third-order valence-corrected chi connectivity index (χ3v) is 5.74. The fraction of sp³-hybridized carbons (Fsp3) is 0.235. The van der Waals surface area contributed by atoms with E-state index in [0.717, 1.165) is 0 Å². The lowest BCUT2D eigenvalue weighted by molar-refractivity contribution is 0.323. The molecule has 0 spiro atoms. The van der Waals surface area contributed by atoms with E-state index < -0.39 is 10.0 Å². The minimum absolute atomic E-state index is 0.0951. The molecule has 0 aliphatic heterocycles.